The van der Waals surface area contributed by atoms with Gasteiger partial charge in [-0.25, -0.2) is 9.67 Å². The maximum Gasteiger partial charge on any atom is 0.236 e. The predicted molar refractivity (Wildman–Crippen MR) is 71.1 cm³/mol. The van der Waals surface area contributed by atoms with Gasteiger partial charge in [0.25, 0.3) is 0 Å². The first-order valence-electron chi connectivity index (χ1n) is 6.68. The van der Waals surface area contributed by atoms with E-state index in [1.54, 1.807) is 6.33 Å². The molecule has 3 N–H and O–H groups in total. The molecule has 1 aromatic rings. The van der Waals surface area contributed by atoms with Gasteiger partial charge in [0.1, 0.15) is 18.2 Å². The summed E-state index contributed by atoms with van der Waals surface area (Å²) >= 11 is 0. The molecule has 106 valence electrons. The quantitative estimate of drug-likeness (QED) is 0.728. The third-order valence-corrected chi connectivity index (χ3v) is 3.26. The van der Waals surface area contributed by atoms with Crippen LogP contribution in [0, 0.1) is 5.92 Å². The summed E-state index contributed by atoms with van der Waals surface area (Å²) in [5.41, 5.74) is 5.44. The van der Waals surface area contributed by atoms with Crippen LogP contribution in [0.25, 0.3) is 0 Å². The number of carbonyl (C=O) groups excluding carboxylic acids is 1. The number of primary amides is 1. The summed E-state index contributed by atoms with van der Waals surface area (Å²) in [7, 11) is 0. The molecule has 0 spiro atoms. The topological polar surface area (TPSA) is 89.1 Å². The van der Waals surface area contributed by atoms with Gasteiger partial charge in [0.2, 0.25) is 5.91 Å². The van der Waals surface area contributed by atoms with Crippen LogP contribution in [0.1, 0.15) is 19.7 Å². The molecule has 2 rings (SSSR count). The summed E-state index contributed by atoms with van der Waals surface area (Å²) in [6, 6.07) is -0.266. The average molecular weight is 266 g/mol. The largest absolute Gasteiger partial charge is 0.368 e. The third-order valence-electron chi connectivity index (χ3n) is 3.26. The molecule has 1 aliphatic heterocycles. The van der Waals surface area contributed by atoms with E-state index in [0.717, 1.165) is 25.5 Å². The lowest BCUT2D eigenvalue weighted by atomic mass is 10.2. The second-order valence-corrected chi connectivity index (χ2v) is 5.34. The lowest BCUT2D eigenvalue weighted by Crippen LogP contribution is -2.56. The first-order chi connectivity index (χ1) is 9.08. The van der Waals surface area contributed by atoms with E-state index < -0.39 is 0 Å². The van der Waals surface area contributed by atoms with Crippen molar-refractivity contribution in [2.75, 3.05) is 19.6 Å². The summed E-state index contributed by atoms with van der Waals surface area (Å²) in [6.07, 6.45) is 1.57. The number of nitrogens with zero attached hydrogens (tertiary/aromatic N) is 4. The summed E-state index contributed by atoms with van der Waals surface area (Å²) in [5, 5.41) is 7.43. The van der Waals surface area contributed by atoms with E-state index in [2.05, 4.69) is 34.1 Å². The second-order valence-electron chi connectivity index (χ2n) is 5.34. The molecule has 0 radical (unpaired) electrons. The van der Waals surface area contributed by atoms with Crippen LogP contribution >= 0.6 is 0 Å². The van der Waals surface area contributed by atoms with Crippen LogP contribution in [0.4, 0.5) is 0 Å². The Hall–Kier alpha value is -1.47. The highest BCUT2D eigenvalue weighted by Crippen LogP contribution is 2.09. The van der Waals surface area contributed by atoms with Crippen molar-refractivity contribution in [2.45, 2.75) is 33.0 Å². The number of nitrogens with two attached hydrogens (primary N) is 1. The molecule has 1 saturated heterocycles. The van der Waals surface area contributed by atoms with Crippen LogP contribution in [0.2, 0.25) is 0 Å². The van der Waals surface area contributed by atoms with Crippen molar-refractivity contribution in [3.8, 4) is 0 Å². The number of nitrogens with one attached hydrogen (secondary N) is 1. The highest BCUT2D eigenvalue weighted by Gasteiger charge is 2.27. The van der Waals surface area contributed by atoms with Gasteiger partial charge in [-0.3, -0.25) is 9.69 Å². The smallest absolute Gasteiger partial charge is 0.236 e. The molecule has 0 saturated carbocycles. The predicted octanol–water partition coefficient (Wildman–Crippen LogP) is -0.807. The fourth-order valence-electron chi connectivity index (χ4n) is 2.31. The number of hydrogen-bond donors (Lipinski definition) is 2. The number of piperazine rings is 1. The van der Waals surface area contributed by atoms with Gasteiger partial charge in [0, 0.05) is 26.2 Å². The maximum atomic E-state index is 11.5. The van der Waals surface area contributed by atoms with Crippen LogP contribution in [0.5, 0.6) is 0 Å². The van der Waals surface area contributed by atoms with E-state index in [0.29, 0.717) is 19.0 Å². The molecule has 1 unspecified atom stereocenters. The van der Waals surface area contributed by atoms with Crippen LogP contribution in [-0.2, 0) is 17.9 Å². The summed E-state index contributed by atoms with van der Waals surface area (Å²) in [6.45, 7) is 7.99. The van der Waals surface area contributed by atoms with Gasteiger partial charge >= 0.3 is 0 Å². The molecular formula is C12H22N6O. The maximum absolute atomic E-state index is 11.5. The Kier molecular flexibility index (Phi) is 4.49. The zero-order valence-electron chi connectivity index (χ0n) is 11.5. The third kappa shape index (κ3) is 3.51. The lowest BCUT2D eigenvalue weighted by molar-refractivity contribution is -0.124. The Balaban J connectivity index is 2.06. The molecule has 7 nitrogen and oxygen atoms in total. The van der Waals surface area contributed by atoms with Crippen LogP contribution in [0.15, 0.2) is 6.33 Å². The average Bonchev–Trinajstić information content (AvgIpc) is 2.76. The number of hydrogen-bond acceptors (Lipinski definition) is 5. The van der Waals surface area contributed by atoms with Gasteiger partial charge in [-0.1, -0.05) is 13.8 Å². The standard InChI is InChI=1S/C12H22N6O/c1-9(2)6-18-11(15-8-16-18)7-17-4-3-14-5-10(17)12(13)19/h8-10,14H,3-7H2,1-2H3,(H2,13,19). The Labute approximate surface area is 113 Å². The van der Waals surface area contributed by atoms with Crippen molar-refractivity contribution in [1.29, 1.82) is 0 Å². The molecule has 0 aromatic carbocycles. The number of rotatable bonds is 5. The normalized spacial score (nSPS) is 20.9. The van der Waals surface area contributed by atoms with E-state index in [-0.39, 0.29) is 11.9 Å². The fraction of sp³-hybridized carbons (Fsp3) is 0.750. The van der Waals surface area contributed by atoms with Crippen molar-refractivity contribution >= 4 is 5.91 Å². The second kappa shape index (κ2) is 6.12. The van der Waals surface area contributed by atoms with Crippen LogP contribution < -0.4 is 11.1 Å². The summed E-state index contributed by atoms with van der Waals surface area (Å²) in [4.78, 5) is 17.8. The number of amides is 1. The van der Waals surface area contributed by atoms with Crippen molar-refractivity contribution in [3.63, 3.8) is 0 Å². The van der Waals surface area contributed by atoms with Crippen molar-refractivity contribution in [2.24, 2.45) is 11.7 Å². The number of aromatic nitrogens is 3. The van der Waals surface area contributed by atoms with Gasteiger partial charge in [0.15, 0.2) is 0 Å². The lowest BCUT2D eigenvalue weighted by Gasteiger charge is -2.33. The molecule has 1 amide bonds. The van der Waals surface area contributed by atoms with Crippen molar-refractivity contribution in [1.82, 2.24) is 25.0 Å². The molecule has 1 aromatic heterocycles. The van der Waals surface area contributed by atoms with Gasteiger partial charge in [-0.15, -0.1) is 0 Å². The van der Waals surface area contributed by atoms with Gasteiger partial charge in [0.05, 0.1) is 6.54 Å². The van der Waals surface area contributed by atoms with Gasteiger partial charge < -0.3 is 11.1 Å². The van der Waals surface area contributed by atoms with E-state index in [1.165, 1.54) is 0 Å². The monoisotopic (exact) mass is 266 g/mol. The fourth-order valence-corrected chi connectivity index (χ4v) is 2.31. The summed E-state index contributed by atoms with van der Waals surface area (Å²) in [5.74, 6) is 1.11. The van der Waals surface area contributed by atoms with E-state index in [4.69, 9.17) is 5.73 Å². The highest BCUT2D eigenvalue weighted by molar-refractivity contribution is 5.80. The molecule has 1 atom stereocenters. The molecular weight excluding hydrogens is 244 g/mol. The van der Waals surface area contributed by atoms with Gasteiger partial charge in [-0.2, -0.15) is 5.10 Å². The zero-order valence-corrected chi connectivity index (χ0v) is 11.5. The molecule has 7 heteroatoms. The molecule has 19 heavy (non-hydrogen) atoms. The minimum absolute atomic E-state index is 0.266. The minimum Gasteiger partial charge on any atom is -0.368 e. The first-order valence-corrected chi connectivity index (χ1v) is 6.68. The van der Waals surface area contributed by atoms with E-state index in [1.807, 2.05) is 4.68 Å². The molecule has 0 bridgehead atoms. The van der Waals surface area contributed by atoms with Crippen molar-refractivity contribution in [3.05, 3.63) is 12.2 Å². The van der Waals surface area contributed by atoms with Crippen LogP contribution in [0.3, 0.4) is 0 Å². The highest BCUT2D eigenvalue weighted by atomic mass is 16.1. The Morgan fingerprint density at radius 2 is 2.42 bits per heavy atom. The minimum atomic E-state index is -0.290. The van der Waals surface area contributed by atoms with Gasteiger partial charge in [-0.05, 0) is 5.92 Å². The Morgan fingerprint density at radius 3 is 3.11 bits per heavy atom. The molecule has 2 heterocycles. The molecule has 1 fully saturated rings. The molecule has 0 aliphatic carbocycles. The number of carbonyl (C=O) groups is 1. The Bertz CT molecular complexity index is 430. The Morgan fingerprint density at radius 1 is 1.63 bits per heavy atom. The SMILES string of the molecule is CC(C)Cn1ncnc1CN1CCNCC1C(N)=O. The van der Waals surface area contributed by atoms with E-state index >= 15 is 0 Å². The zero-order chi connectivity index (χ0) is 13.8. The van der Waals surface area contributed by atoms with E-state index in [9.17, 15) is 4.79 Å². The van der Waals surface area contributed by atoms with Crippen LogP contribution in [-0.4, -0.2) is 51.2 Å². The van der Waals surface area contributed by atoms with Crippen molar-refractivity contribution < 1.29 is 4.79 Å². The first kappa shape index (κ1) is 14.0. The molecule has 1 aliphatic rings. The summed E-state index contributed by atoms with van der Waals surface area (Å²) < 4.78 is 1.91.